The molecule has 0 aliphatic carbocycles. The van der Waals surface area contributed by atoms with E-state index in [0.717, 1.165) is 20.6 Å². The van der Waals surface area contributed by atoms with Gasteiger partial charge in [-0.25, -0.2) is 4.85 Å². The summed E-state index contributed by atoms with van der Waals surface area (Å²) in [5.74, 6) is -0.445. The second kappa shape index (κ2) is 7.00. The Bertz CT molecular complexity index is 1010. The average molecular weight is 515 g/mol. The van der Waals surface area contributed by atoms with Crippen molar-refractivity contribution in [1.82, 2.24) is 0 Å². The molecule has 2 aromatic carbocycles. The third kappa shape index (κ3) is 3.35. The van der Waals surface area contributed by atoms with E-state index in [1.54, 1.807) is 30.9 Å². The van der Waals surface area contributed by atoms with Gasteiger partial charge in [-0.05, 0) is 85.1 Å². The lowest BCUT2D eigenvalue weighted by Gasteiger charge is -2.29. The topological polar surface area (TPSA) is 27.9 Å². The molecule has 0 aromatic heterocycles. The van der Waals surface area contributed by atoms with Crippen molar-refractivity contribution in [2.24, 2.45) is 0 Å². The monoisotopic (exact) mass is 515 g/mol. The maximum atomic E-state index is 13.3. The number of carbonyl (C=O) groups is 1. The van der Waals surface area contributed by atoms with Crippen molar-refractivity contribution in [2.75, 3.05) is 9.80 Å². The molecule has 28 heavy (non-hydrogen) atoms. The van der Waals surface area contributed by atoms with Gasteiger partial charge in [0.2, 0.25) is 0 Å². The number of amides is 1. The highest BCUT2D eigenvalue weighted by atomic mass is 127. The van der Waals surface area contributed by atoms with Gasteiger partial charge in [-0.3, -0.25) is 9.69 Å². The molecule has 0 atom stereocenters. The molecule has 0 radical (unpaired) electrons. The highest BCUT2D eigenvalue weighted by Crippen LogP contribution is 2.41. The normalized spacial score (nSPS) is 16.5. The van der Waals surface area contributed by atoms with Crippen LogP contribution in [0.2, 0.25) is 0 Å². The molecule has 1 saturated heterocycles. The molecule has 144 valence electrons. The average Bonchev–Trinajstić information content (AvgIpc) is 2.79. The second-order valence-electron chi connectivity index (χ2n) is 6.60. The third-order valence-corrected chi connectivity index (χ3v) is 5.50. The minimum Gasteiger partial charge on any atom is -0.304 e. The van der Waals surface area contributed by atoms with Crippen LogP contribution in [0.4, 0.5) is 30.2 Å². The Labute approximate surface area is 178 Å². The Kier molecular flexibility index (Phi) is 5.14. The van der Waals surface area contributed by atoms with Gasteiger partial charge in [-0.1, -0.05) is 6.07 Å². The Morgan fingerprint density at radius 3 is 2.21 bits per heavy atom. The van der Waals surface area contributed by atoms with Crippen LogP contribution in [0.1, 0.15) is 19.4 Å². The lowest BCUT2D eigenvalue weighted by atomic mass is 10.0. The first-order valence-electron chi connectivity index (χ1n) is 8.01. The van der Waals surface area contributed by atoms with Crippen molar-refractivity contribution in [2.45, 2.75) is 25.6 Å². The second-order valence-corrected chi connectivity index (χ2v) is 8.22. The van der Waals surface area contributed by atoms with Gasteiger partial charge in [0, 0.05) is 14.9 Å². The minimum atomic E-state index is -4.72. The van der Waals surface area contributed by atoms with Gasteiger partial charge in [0.1, 0.15) is 5.54 Å². The van der Waals surface area contributed by atoms with Crippen molar-refractivity contribution >= 4 is 62.9 Å². The highest BCUT2D eigenvalue weighted by molar-refractivity contribution is 14.1. The fraction of sp³-hybridized carbons (Fsp3) is 0.211. The number of alkyl halides is 3. The predicted molar refractivity (Wildman–Crippen MR) is 114 cm³/mol. The van der Waals surface area contributed by atoms with Crippen LogP contribution in [-0.4, -0.2) is 16.6 Å². The van der Waals surface area contributed by atoms with Gasteiger partial charge in [-0.2, -0.15) is 13.2 Å². The molecule has 2 aromatic rings. The number of halogens is 4. The van der Waals surface area contributed by atoms with Crippen molar-refractivity contribution in [1.29, 1.82) is 0 Å². The quantitative estimate of drug-likeness (QED) is 0.289. The van der Waals surface area contributed by atoms with E-state index in [9.17, 15) is 18.0 Å². The molecule has 1 fully saturated rings. The molecule has 3 rings (SSSR count). The summed E-state index contributed by atoms with van der Waals surface area (Å²) in [7, 11) is 0. The number of rotatable bonds is 2. The Balaban J connectivity index is 2.11. The standard InChI is InChI=1S/C19H13F3IN3OS/c1-18(2)16(27)25(17(28)26(18)12-6-4-11(23)5-7-12)13-8-9-15(24-3)14(10-13)19(20,21)22/h4-10H,1-2H3. The van der Waals surface area contributed by atoms with Crippen LogP contribution < -0.4 is 9.80 Å². The largest absolute Gasteiger partial charge is 0.407 e. The van der Waals surface area contributed by atoms with Gasteiger partial charge in [0.15, 0.2) is 10.8 Å². The summed E-state index contributed by atoms with van der Waals surface area (Å²) in [6.07, 6.45) is -4.72. The number of carbonyl (C=O) groups excluding carboxylic acids is 1. The van der Waals surface area contributed by atoms with Crippen LogP contribution in [0.15, 0.2) is 42.5 Å². The summed E-state index contributed by atoms with van der Waals surface area (Å²) >= 11 is 7.62. The fourth-order valence-electron chi connectivity index (χ4n) is 3.03. The predicted octanol–water partition coefficient (Wildman–Crippen LogP) is 5.78. The molecule has 4 nitrogen and oxygen atoms in total. The van der Waals surface area contributed by atoms with Crippen LogP contribution in [0, 0.1) is 10.1 Å². The molecule has 0 saturated carbocycles. The number of anilines is 2. The van der Waals surface area contributed by atoms with E-state index in [1.807, 2.05) is 12.1 Å². The van der Waals surface area contributed by atoms with Crippen molar-refractivity contribution in [3.8, 4) is 0 Å². The molecule has 9 heteroatoms. The summed E-state index contributed by atoms with van der Waals surface area (Å²) < 4.78 is 41.0. The third-order valence-electron chi connectivity index (χ3n) is 4.42. The molecular formula is C19H13F3IN3OS. The molecule has 0 bridgehead atoms. The minimum absolute atomic E-state index is 0.0178. The maximum absolute atomic E-state index is 13.3. The van der Waals surface area contributed by atoms with Crippen molar-refractivity contribution in [3.63, 3.8) is 0 Å². The van der Waals surface area contributed by atoms with Crippen molar-refractivity contribution < 1.29 is 18.0 Å². The van der Waals surface area contributed by atoms with E-state index < -0.39 is 28.9 Å². The summed E-state index contributed by atoms with van der Waals surface area (Å²) in [5.41, 5.74) is -2.06. The summed E-state index contributed by atoms with van der Waals surface area (Å²) in [4.78, 5) is 18.7. The van der Waals surface area contributed by atoms with Crippen LogP contribution in [0.5, 0.6) is 0 Å². The summed E-state index contributed by atoms with van der Waals surface area (Å²) in [5, 5.41) is 0.0832. The zero-order valence-electron chi connectivity index (χ0n) is 14.7. The molecule has 1 aliphatic rings. The Morgan fingerprint density at radius 1 is 1.11 bits per heavy atom. The molecular weight excluding hydrogens is 502 g/mol. The molecule has 1 aliphatic heterocycles. The molecule has 1 amide bonds. The zero-order chi connectivity index (χ0) is 20.9. The molecule has 0 N–H and O–H groups in total. The van der Waals surface area contributed by atoms with Gasteiger partial charge in [-0.15, -0.1) is 0 Å². The van der Waals surface area contributed by atoms with E-state index in [2.05, 4.69) is 27.4 Å². The van der Waals surface area contributed by atoms with Gasteiger partial charge >= 0.3 is 6.18 Å². The molecule has 0 spiro atoms. The number of benzene rings is 2. The molecule has 1 heterocycles. The first kappa shape index (κ1) is 20.5. The van der Waals surface area contributed by atoms with E-state index >= 15 is 0 Å². The first-order chi connectivity index (χ1) is 13.0. The number of hydrogen-bond donors (Lipinski definition) is 0. The van der Waals surface area contributed by atoms with Gasteiger partial charge in [0.25, 0.3) is 5.91 Å². The first-order valence-corrected chi connectivity index (χ1v) is 9.50. The number of hydrogen-bond acceptors (Lipinski definition) is 2. The van der Waals surface area contributed by atoms with E-state index in [4.69, 9.17) is 18.8 Å². The lowest BCUT2D eigenvalue weighted by Crippen LogP contribution is -2.44. The summed E-state index contributed by atoms with van der Waals surface area (Å²) in [6.45, 7) is 10.3. The smallest absolute Gasteiger partial charge is 0.304 e. The van der Waals surface area contributed by atoms with Crippen molar-refractivity contribution in [3.05, 3.63) is 63.0 Å². The molecule has 0 unspecified atom stereocenters. The van der Waals surface area contributed by atoms with Crippen LogP contribution in [0.3, 0.4) is 0 Å². The Hall–Kier alpha value is -2.19. The van der Waals surface area contributed by atoms with E-state index in [-0.39, 0.29) is 10.8 Å². The SMILES string of the molecule is [C-]#[N+]c1ccc(N2C(=O)C(C)(C)N(c3ccc(I)cc3)C2=S)cc1C(F)(F)F. The lowest BCUT2D eigenvalue weighted by molar-refractivity contribution is -0.136. The van der Waals surface area contributed by atoms with Crippen LogP contribution >= 0.6 is 34.8 Å². The van der Waals surface area contributed by atoms with Crippen LogP contribution in [-0.2, 0) is 11.0 Å². The fourth-order valence-corrected chi connectivity index (χ4v) is 3.92. The number of nitrogens with zero attached hydrogens (tertiary/aromatic N) is 3. The zero-order valence-corrected chi connectivity index (χ0v) is 17.7. The van der Waals surface area contributed by atoms with Crippen LogP contribution in [0.25, 0.3) is 4.85 Å². The number of thiocarbonyl (C=S) groups is 1. The highest BCUT2D eigenvalue weighted by Gasteiger charge is 2.50. The summed E-state index contributed by atoms with van der Waals surface area (Å²) in [6, 6.07) is 10.5. The Morgan fingerprint density at radius 2 is 1.68 bits per heavy atom. The van der Waals surface area contributed by atoms with Gasteiger partial charge in [0.05, 0.1) is 12.1 Å². The van der Waals surface area contributed by atoms with E-state index in [1.165, 1.54) is 6.07 Å². The van der Waals surface area contributed by atoms with E-state index in [0.29, 0.717) is 5.69 Å². The maximum Gasteiger partial charge on any atom is 0.407 e. The van der Waals surface area contributed by atoms with Gasteiger partial charge < -0.3 is 4.90 Å².